The van der Waals surface area contributed by atoms with Crippen molar-refractivity contribution in [2.24, 2.45) is 0 Å². The summed E-state index contributed by atoms with van der Waals surface area (Å²) in [6.45, 7) is 2.09. The number of aryl methyl sites for hydroxylation is 1. The lowest BCUT2D eigenvalue weighted by Gasteiger charge is -2.00. The van der Waals surface area contributed by atoms with E-state index in [1.54, 1.807) is 6.20 Å². The molecule has 0 aliphatic carbocycles. The Morgan fingerprint density at radius 2 is 1.90 bits per heavy atom. The first kappa shape index (κ1) is 12.1. The summed E-state index contributed by atoms with van der Waals surface area (Å²) in [5.74, 6) is 0. The number of pyridine rings is 2. The van der Waals surface area contributed by atoms with Crippen LogP contribution < -0.4 is 0 Å². The average Bonchev–Trinajstić information content (AvgIpc) is 2.93. The fourth-order valence-electron chi connectivity index (χ4n) is 2.64. The SMILES string of the molecule is CCc1ccc2c(n1)oc1c(-c3ccccn3)cccc12. The van der Waals surface area contributed by atoms with Gasteiger partial charge in [0.15, 0.2) is 0 Å². The number of furan rings is 1. The lowest BCUT2D eigenvalue weighted by molar-refractivity contribution is 0.652. The van der Waals surface area contributed by atoms with Crippen molar-refractivity contribution in [1.82, 2.24) is 9.97 Å². The molecule has 3 nitrogen and oxygen atoms in total. The summed E-state index contributed by atoms with van der Waals surface area (Å²) in [6.07, 6.45) is 2.70. The molecule has 0 N–H and O–H groups in total. The van der Waals surface area contributed by atoms with Crippen molar-refractivity contribution in [2.75, 3.05) is 0 Å². The van der Waals surface area contributed by atoms with E-state index in [2.05, 4.69) is 35.1 Å². The van der Waals surface area contributed by atoms with Crippen LogP contribution in [0.25, 0.3) is 33.3 Å². The normalized spacial score (nSPS) is 11.3. The van der Waals surface area contributed by atoms with Crippen molar-refractivity contribution in [2.45, 2.75) is 13.3 Å². The van der Waals surface area contributed by atoms with E-state index in [4.69, 9.17) is 4.42 Å². The Bertz CT molecular complexity index is 926. The second-order valence-electron chi connectivity index (χ2n) is 5.01. The molecule has 3 aromatic heterocycles. The van der Waals surface area contributed by atoms with Crippen molar-refractivity contribution < 1.29 is 4.42 Å². The van der Waals surface area contributed by atoms with E-state index in [-0.39, 0.29) is 0 Å². The topological polar surface area (TPSA) is 38.9 Å². The van der Waals surface area contributed by atoms with Crippen LogP contribution >= 0.6 is 0 Å². The second kappa shape index (κ2) is 4.70. The number of hydrogen-bond donors (Lipinski definition) is 0. The van der Waals surface area contributed by atoms with Crippen molar-refractivity contribution in [3.63, 3.8) is 0 Å². The summed E-state index contributed by atoms with van der Waals surface area (Å²) in [4.78, 5) is 9.00. The molecule has 0 radical (unpaired) electrons. The van der Waals surface area contributed by atoms with Gasteiger partial charge in [0.25, 0.3) is 0 Å². The zero-order chi connectivity index (χ0) is 14.2. The smallest absolute Gasteiger partial charge is 0.227 e. The minimum Gasteiger partial charge on any atom is -0.437 e. The molecule has 4 rings (SSSR count). The summed E-state index contributed by atoms with van der Waals surface area (Å²) in [6, 6.07) is 16.2. The monoisotopic (exact) mass is 274 g/mol. The molecule has 0 amide bonds. The number of fused-ring (bicyclic) bond motifs is 3. The molecule has 3 heterocycles. The van der Waals surface area contributed by atoms with Crippen molar-refractivity contribution in [1.29, 1.82) is 0 Å². The van der Waals surface area contributed by atoms with Crippen molar-refractivity contribution >= 4 is 22.1 Å². The number of benzene rings is 1. The van der Waals surface area contributed by atoms with E-state index in [0.717, 1.165) is 39.7 Å². The molecule has 0 aliphatic rings. The quantitative estimate of drug-likeness (QED) is 0.536. The molecule has 0 atom stereocenters. The third-order valence-electron chi connectivity index (χ3n) is 3.72. The first-order chi connectivity index (χ1) is 10.4. The fraction of sp³-hybridized carbons (Fsp3) is 0.111. The number of nitrogens with zero attached hydrogens (tertiary/aromatic N) is 2. The Hall–Kier alpha value is -2.68. The van der Waals surface area contributed by atoms with Crippen molar-refractivity contribution in [3.05, 3.63) is 60.4 Å². The van der Waals surface area contributed by atoms with Gasteiger partial charge in [-0.05, 0) is 36.8 Å². The van der Waals surface area contributed by atoms with E-state index in [1.165, 1.54) is 0 Å². The van der Waals surface area contributed by atoms with Gasteiger partial charge in [0.05, 0.1) is 5.69 Å². The van der Waals surface area contributed by atoms with Gasteiger partial charge in [-0.2, -0.15) is 0 Å². The lowest BCUT2D eigenvalue weighted by Crippen LogP contribution is -1.84. The number of hydrogen-bond acceptors (Lipinski definition) is 3. The molecule has 4 aromatic rings. The zero-order valence-electron chi connectivity index (χ0n) is 11.7. The van der Waals surface area contributed by atoms with Gasteiger partial charge in [0.1, 0.15) is 5.58 Å². The molecule has 0 spiro atoms. The standard InChI is InChI=1S/C18H14N2O/c1-2-12-9-10-14-13-6-5-7-15(16-8-3-4-11-19-16)17(13)21-18(14)20-12/h3-11H,2H2,1H3. The van der Waals surface area contributed by atoms with Crippen LogP contribution in [0.5, 0.6) is 0 Å². The van der Waals surface area contributed by atoms with E-state index in [0.29, 0.717) is 5.71 Å². The maximum atomic E-state index is 6.03. The van der Waals surface area contributed by atoms with Gasteiger partial charge in [0, 0.05) is 28.2 Å². The van der Waals surface area contributed by atoms with E-state index >= 15 is 0 Å². The average molecular weight is 274 g/mol. The van der Waals surface area contributed by atoms with Crippen LogP contribution in [0.1, 0.15) is 12.6 Å². The first-order valence-electron chi connectivity index (χ1n) is 7.09. The molecule has 3 heteroatoms. The van der Waals surface area contributed by atoms with Gasteiger partial charge in [0.2, 0.25) is 5.71 Å². The Balaban J connectivity index is 2.05. The lowest BCUT2D eigenvalue weighted by atomic mass is 10.1. The molecule has 0 saturated heterocycles. The number of para-hydroxylation sites is 1. The summed E-state index contributed by atoms with van der Waals surface area (Å²) < 4.78 is 6.03. The number of rotatable bonds is 2. The minimum absolute atomic E-state index is 0.702. The molecule has 102 valence electrons. The Kier molecular flexibility index (Phi) is 2.71. The Morgan fingerprint density at radius 3 is 2.71 bits per heavy atom. The van der Waals surface area contributed by atoms with Crippen LogP contribution in [0.3, 0.4) is 0 Å². The third-order valence-corrected chi connectivity index (χ3v) is 3.72. The molecule has 0 bridgehead atoms. The predicted octanol–water partition coefficient (Wildman–Crippen LogP) is 4.61. The minimum atomic E-state index is 0.702. The van der Waals surface area contributed by atoms with E-state index < -0.39 is 0 Å². The predicted molar refractivity (Wildman–Crippen MR) is 84.1 cm³/mol. The van der Waals surface area contributed by atoms with Crippen LogP contribution in [-0.4, -0.2) is 9.97 Å². The second-order valence-corrected chi connectivity index (χ2v) is 5.01. The van der Waals surface area contributed by atoms with Gasteiger partial charge in [-0.15, -0.1) is 0 Å². The Labute approximate surface area is 122 Å². The molecule has 21 heavy (non-hydrogen) atoms. The fourth-order valence-corrected chi connectivity index (χ4v) is 2.64. The molecule has 0 unspecified atom stereocenters. The van der Waals surface area contributed by atoms with Crippen LogP contribution in [0.4, 0.5) is 0 Å². The maximum absolute atomic E-state index is 6.03. The summed E-state index contributed by atoms with van der Waals surface area (Å²) in [5, 5.41) is 2.14. The summed E-state index contributed by atoms with van der Waals surface area (Å²) >= 11 is 0. The van der Waals surface area contributed by atoms with E-state index in [1.807, 2.05) is 30.3 Å². The van der Waals surface area contributed by atoms with Crippen LogP contribution in [0.15, 0.2) is 59.1 Å². The Morgan fingerprint density at radius 1 is 0.952 bits per heavy atom. The highest BCUT2D eigenvalue weighted by atomic mass is 16.3. The van der Waals surface area contributed by atoms with Crippen LogP contribution in [-0.2, 0) is 6.42 Å². The molecule has 0 saturated carbocycles. The largest absolute Gasteiger partial charge is 0.437 e. The first-order valence-corrected chi connectivity index (χ1v) is 7.09. The molecule has 1 aromatic carbocycles. The highest BCUT2D eigenvalue weighted by Gasteiger charge is 2.13. The zero-order valence-corrected chi connectivity index (χ0v) is 11.7. The highest BCUT2D eigenvalue weighted by Crippen LogP contribution is 2.34. The van der Waals surface area contributed by atoms with Gasteiger partial charge in [-0.1, -0.05) is 25.1 Å². The molecule has 0 fully saturated rings. The van der Waals surface area contributed by atoms with Gasteiger partial charge in [-0.25, -0.2) is 4.98 Å². The highest BCUT2D eigenvalue weighted by molar-refractivity contribution is 6.08. The summed E-state index contributed by atoms with van der Waals surface area (Å²) in [7, 11) is 0. The molecular weight excluding hydrogens is 260 g/mol. The van der Waals surface area contributed by atoms with Gasteiger partial charge < -0.3 is 4.42 Å². The third kappa shape index (κ3) is 1.89. The van der Waals surface area contributed by atoms with Crippen LogP contribution in [0, 0.1) is 0 Å². The van der Waals surface area contributed by atoms with E-state index in [9.17, 15) is 0 Å². The van der Waals surface area contributed by atoms with Gasteiger partial charge in [-0.3, -0.25) is 4.98 Å². The van der Waals surface area contributed by atoms with Gasteiger partial charge >= 0.3 is 0 Å². The van der Waals surface area contributed by atoms with Crippen LogP contribution in [0.2, 0.25) is 0 Å². The maximum Gasteiger partial charge on any atom is 0.227 e. The number of aromatic nitrogens is 2. The molecule has 0 aliphatic heterocycles. The molecular formula is C18H14N2O. The summed E-state index contributed by atoms with van der Waals surface area (Å²) in [5.41, 5.74) is 4.52. The van der Waals surface area contributed by atoms with Crippen molar-refractivity contribution in [3.8, 4) is 11.3 Å².